The van der Waals surface area contributed by atoms with Crippen molar-refractivity contribution >= 4 is 13.8 Å². The third kappa shape index (κ3) is 23.0. The average molecular weight is 814 g/mol. The molecule has 0 saturated heterocycles. The van der Waals surface area contributed by atoms with Gasteiger partial charge in [-0.15, -0.1) is 0 Å². The Kier molecular flexibility index (Phi) is 28.8. The van der Waals surface area contributed by atoms with E-state index in [9.17, 15) is 14.3 Å². The summed E-state index contributed by atoms with van der Waals surface area (Å²) < 4.78 is 35.6. The van der Waals surface area contributed by atoms with Crippen LogP contribution in [0.15, 0.2) is 85.3 Å². The molecule has 3 rings (SSSR count). The molecule has 0 aromatic carbocycles. The van der Waals surface area contributed by atoms with Crippen molar-refractivity contribution in [2.75, 3.05) is 13.2 Å². The van der Waals surface area contributed by atoms with Gasteiger partial charge in [-0.05, 0) is 76.7 Å². The van der Waals surface area contributed by atoms with Crippen LogP contribution in [-0.2, 0) is 27.9 Å². The highest BCUT2D eigenvalue weighted by atomic mass is 31.2. The molecule has 0 radical (unpaired) electrons. The number of hydrogen-bond donors (Lipinski definition) is 2. The fourth-order valence-corrected chi connectivity index (χ4v) is 8.67. The van der Waals surface area contributed by atoms with Crippen LogP contribution in [0.4, 0.5) is 0 Å². The summed E-state index contributed by atoms with van der Waals surface area (Å²) in [5.41, 5.74) is 3.58. The Balaban J connectivity index is 1.68. The minimum Gasteiger partial charge on any atom is -0.491 e. The molecule has 57 heavy (non-hydrogen) atoms. The highest BCUT2D eigenvalue weighted by Gasteiger charge is 2.75. The smallest absolute Gasteiger partial charge is 0.472 e. The summed E-state index contributed by atoms with van der Waals surface area (Å²) in [7, 11) is -4.39. The summed E-state index contributed by atoms with van der Waals surface area (Å²) in [6.07, 6.45) is 56.1. The minimum absolute atomic E-state index is 0.0884. The molecule has 0 spiro atoms. The number of carbonyl (C=O) groups is 1. The van der Waals surface area contributed by atoms with Gasteiger partial charge in [0.1, 0.15) is 5.60 Å². The zero-order valence-electron chi connectivity index (χ0n) is 35.9. The SMILES string of the molecule is CC/C=C\C/C=C\C/C=C\C/C=C\C/C=C\C/C=C\CCC(=O)OC1C2(O/C=C\CCCCCCCCCCCCCCCC)CCC1(OP(=O)(O)OCCN)C2. The lowest BCUT2D eigenvalue weighted by Crippen LogP contribution is -2.66. The van der Waals surface area contributed by atoms with Gasteiger partial charge in [0.2, 0.25) is 0 Å². The van der Waals surface area contributed by atoms with E-state index >= 15 is 0 Å². The third-order valence-electron chi connectivity index (χ3n) is 10.7. The predicted octanol–water partition coefficient (Wildman–Crippen LogP) is 13.5. The zero-order valence-corrected chi connectivity index (χ0v) is 36.8. The molecule has 0 amide bonds. The van der Waals surface area contributed by atoms with E-state index in [-0.39, 0.29) is 25.5 Å². The van der Waals surface area contributed by atoms with E-state index in [2.05, 4.69) is 74.6 Å². The van der Waals surface area contributed by atoms with Gasteiger partial charge in [-0.25, -0.2) is 4.57 Å². The molecule has 3 N–H and O–H groups in total. The van der Waals surface area contributed by atoms with E-state index in [4.69, 9.17) is 24.3 Å². The maximum absolute atomic E-state index is 13.0. The number of nitrogens with two attached hydrogens (primary N) is 1. The predicted molar refractivity (Wildman–Crippen MR) is 238 cm³/mol. The Morgan fingerprint density at radius 1 is 0.649 bits per heavy atom. The first-order valence-corrected chi connectivity index (χ1v) is 24.1. The second-order valence-electron chi connectivity index (χ2n) is 15.7. The van der Waals surface area contributed by atoms with E-state index in [1.54, 1.807) is 6.26 Å². The van der Waals surface area contributed by atoms with Gasteiger partial charge >= 0.3 is 13.8 Å². The van der Waals surface area contributed by atoms with Crippen molar-refractivity contribution in [1.29, 1.82) is 0 Å². The van der Waals surface area contributed by atoms with Crippen LogP contribution >= 0.6 is 7.82 Å². The molecule has 0 aromatic rings. The fraction of sp³-hybridized carbons (Fsp3) is 0.688. The van der Waals surface area contributed by atoms with Crippen LogP contribution in [0, 0.1) is 0 Å². The average Bonchev–Trinajstić information content (AvgIpc) is 3.70. The molecule has 0 heterocycles. The van der Waals surface area contributed by atoms with Gasteiger partial charge < -0.3 is 20.1 Å². The molecular weight excluding hydrogens is 734 g/mol. The number of allylic oxidation sites excluding steroid dienone is 13. The van der Waals surface area contributed by atoms with Gasteiger partial charge in [-0.3, -0.25) is 13.8 Å². The zero-order chi connectivity index (χ0) is 41.2. The monoisotopic (exact) mass is 814 g/mol. The lowest BCUT2D eigenvalue weighted by Gasteiger charge is -2.52. The maximum atomic E-state index is 13.0. The molecule has 4 atom stereocenters. The number of carbonyl (C=O) groups excluding carboxylic acids is 1. The van der Waals surface area contributed by atoms with Gasteiger partial charge in [-0.1, -0.05) is 170 Å². The highest BCUT2D eigenvalue weighted by Crippen LogP contribution is 2.66. The van der Waals surface area contributed by atoms with Crippen molar-refractivity contribution in [3.05, 3.63) is 85.3 Å². The molecule has 2 bridgehead atoms. The number of esters is 1. The molecule has 0 aromatic heterocycles. The Morgan fingerprint density at radius 2 is 1.12 bits per heavy atom. The van der Waals surface area contributed by atoms with Crippen LogP contribution in [0.3, 0.4) is 0 Å². The molecule has 324 valence electrons. The number of hydrogen-bond acceptors (Lipinski definition) is 7. The summed E-state index contributed by atoms with van der Waals surface area (Å²) in [4.78, 5) is 23.4. The number of fused-ring (bicyclic) bond motifs is 1. The van der Waals surface area contributed by atoms with Gasteiger partial charge in [0, 0.05) is 19.4 Å². The van der Waals surface area contributed by atoms with Crippen molar-refractivity contribution in [2.45, 2.75) is 198 Å². The van der Waals surface area contributed by atoms with Crippen LogP contribution in [0.25, 0.3) is 0 Å². The number of rotatable bonds is 37. The van der Waals surface area contributed by atoms with Crippen molar-refractivity contribution in [1.82, 2.24) is 0 Å². The first-order chi connectivity index (χ1) is 27.8. The lowest BCUT2D eigenvalue weighted by atomic mass is 9.72. The third-order valence-corrected chi connectivity index (χ3v) is 11.8. The molecule has 0 aliphatic heterocycles. The summed E-state index contributed by atoms with van der Waals surface area (Å²) >= 11 is 0. The maximum Gasteiger partial charge on any atom is 0.472 e. The van der Waals surface area contributed by atoms with Gasteiger partial charge in [0.05, 0.1) is 12.9 Å². The van der Waals surface area contributed by atoms with E-state index in [1.165, 1.54) is 83.5 Å². The molecule has 3 fully saturated rings. The van der Waals surface area contributed by atoms with Gasteiger partial charge in [0.25, 0.3) is 0 Å². The first kappa shape index (κ1) is 50.7. The second kappa shape index (κ2) is 32.4. The molecular formula is C48H80NO7P. The normalized spacial score (nSPS) is 22.1. The van der Waals surface area contributed by atoms with E-state index in [1.807, 2.05) is 18.2 Å². The number of phosphoric ester groups is 1. The van der Waals surface area contributed by atoms with E-state index in [0.717, 1.165) is 51.4 Å². The number of ether oxygens (including phenoxy) is 2. The fourth-order valence-electron chi connectivity index (χ4n) is 7.57. The van der Waals surface area contributed by atoms with Crippen LogP contribution in [0.5, 0.6) is 0 Å². The van der Waals surface area contributed by atoms with Crippen LogP contribution < -0.4 is 5.73 Å². The van der Waals surface area contributed by atoms with Crippen LogP contribution in [0.2, 0.25) is 0 Å². The Labute approximate surface area is 347 Å². The van der Waals surface area contributed by atoms with Gasteiger partial charge in [0.15, 0.2) is 11.7 Å². The number of phosphoric acid groups is 1. The molecule has 3 aliphatic rings. The molecule has 3 aliphatic carbocycles. The molecule has 9 heteroatoms. The Morgan fingerprint density at radius 3 is 1.63 bits per heavy atom. The molecule has 8 nitrogen and oxygen atoms in total. The topological polar surface area (TPSA) is 117 Å². The van der Waals surface area contributed by atoms with Crippen molar-refractivity contribution < 1.29 is 32.8 Å². The van der Waals surface area contributed by atoms with Crippen LogP contribution in [0.1, 0.15) is 181 Å². The lowest BCUT2D eigenvalue weighted by molar-refractivity contribution is -0.237. The van der Waals surface area contributed by atoms with Crippen molar-refractivity contribution in [3.63, 3.8) is 0 Å². The minimum atomic E-state index is -4.39. The standard InChI is InChI=1S/C48H80NO7P/c1-3-5-7-9-11-13-15-17-19-21-22-23-24-26-28-30-32-34-36-38-45(50)55-46-47(39-40-48(46,44-47)56-57(51,52)54-43-41-49)53-42-37-35-33-31-29-27-25-20-18-16-14-12-10-8-6-4-2/h5,7,11,13,17,19,22-23,26,28,32,34,37,42,46H,3-4,6,8-10,12,14-16,18,20-21,24-25,27,29-31,33,35-36,38-41,43-44,49H2,1-2H3,(H,51,52)/b7-5-,13-11-,19-17-,23-22-,28-26-,34-32-,42-37-. The summed E-state index contributed by atoms with van der Waals surface area (Å²) in [5.74, 6) is -0.385. The first-order valence-electron chi connectivity index (χ1n) is 22.6. The van der Waals surface area contributed by atoms with Crippen LogP contribution in [-0.4, -0.2) is 41.3 Å². The van der Waals surface area contributed by atoms with Crippen molar-refractivity contribution in [3.8, 4) is 0 Å². The number of unbranched alkanes of at least 4 members (excludes halogenated alkanes) is 14. The second-order valence-corrected chi connectivity index (χ2v) is 17.1. The quantitative estimate of drug-likeness (QED) is 0.0209. The molecule has 4 unspecified atom stereocenters. The highest BCUT2D eigenvalue weighted by molar-refractivity contribution is 7.47. The van der Waals surface area contributed by atoms with E-state index in [0.29, 0.717) is 25.7 Å². The summed E-state index contributed by atoms with van der Waals surface area (Å²) in [6.45, 7) is 4.40. The van der Waals surface area contributed by atoms with E-state index < -0.39 is 25.1 Å². The van der Waals surface area contributed by atoms with Gasteiger partial charge in [-0.2, -0.15) is 0 Å². The van der Waals surface area contributed by atoms with Crippen molar-refractivity contribution in [2.24, 2.45) is 5.73 Å². The summed E-state index contributed by atoms with van der Waals surface area (Å²) in [6, 6.07) is 0. The summed E-state index contributed by atoms with van der Waals surface area (Å²) in [5, 5.41) is 0. The Hall–Kier alpha value is -2.48. The Bertz CT molecular complexity index is 1300. The molecule has 3 saturated carbocycles. The largest absolute Gasteiger partial charge is 0.491 e.